The highest BCUT2D eigenvalue weighted by molar-refractivity contribution is 5.50. The van der Waals surface area contributed by atoms with Gasteiger partial charge in [0.1, 0.15) is 5.82 Å². The molecule has 0 saturated carbocycles. The largest absolute Gasteiger partial charge is 0.397 e. The van der Waals surface area contributed by atoms with Crippen LogP contribution in [-0.4, -0.2) is 36.5 Å². The van der Waals surface area contributed by atoms with Crippen LogP contribution >= 0.6 is 0 Å². The van der Waals surface area contributed by atoms with E-state index in [0.717, 1.165) is 11.4 Å². The number of nitrogen functional groups attached to an aromatic ring is 1. The molecule has 16 heavy (non-hydrogen) atoms. The van der Waals surface area contributed by atoms with Crippen LogP contribution in [0.3, 0.4) is 0 Å². The number of pyridine rings is 1. The van der Waals surface area contributed by atoms with Crippen molar-refractivity contribution in [2.75, 3.05) is 31.3 Å². The summed E-state index contributed by atoms with van der Waals surface area (Å²) in [5, 5.41) is 12.5. The van der Waals surface area contributed by atoms with E-state index in [9.17, 15) is 5.11 Å². The minimum Gasteiger partial charge on any atom is -0.397 e. The molecule has 0 spiro atoms. The molecule has 0 saturated heterocycles. The van der Waals surface area contributed by atoms with Gasteiger partial charge in [0.25, 0.3) is 0 Å². The van der Waals surface area contributed by atoms with Gasteiger partial charge in [-0.15, -0.1) is 0 Å². The van der Waals surface area contributed by atoms with Crippen LogP contribution < -0.4 is 11.1 Å². The zero-order chi connectivity index (χ0) is 12.0. The van der Waals surface area contributed by atoms with Gasteiger partial charge < -0.3 is 20.9 Å². The van der Waals surface area contributed by atoms with E-state index in [1.807, 2.05) is 13.0 Å². The quantitative estimate of drug-likeness (QED) is 0.666. The van der Waals surface area contributed by atoms with Crippen LogP contribution in [0.25, 0.3) is 0 Å². The van der Waals surface area contributed by atoms with E-state index in [1.54, 1.807) is 13.3 Å². The lowest BCUT2D eigenvalue weighted by molar-refractivity contribution is 0.0615. The second kappa shape index (κ2) is 6.30. The number of hydrogen-bond acceptors (Lipinski definition) is 5. The van der Waals surface area contributed by atoms with Gasteiger partial charge in [-0.25, -0.2) is 4.98 Å². The van der Waals surface area contributed by atoms with Gasteiger partial charge in [0.15, 0.2) is 0 Å². The van der Waals surface area contributed by atoms with Crippen molar-refractivity contribution in [1.82, 2.24) is 4.98 Å². The molecular weight excluding hydrogens is 206 g/mol. The normalized spacial score (nSPS) is 12.4. The number of ether oxygens (including phenoxy) is 1. The van der Waals surface area contributed by atoms with Gasteiger partial charge in [0.05, 0.1) is 24.6 Å². The Labute approximate surface area is 95.6 Å². The molecule has 5 nitrogen and oxygen atoms in total. The number of aliphatic hydroxyl groups excluding tert-OH is 1. The molecule has 0 radical (unpaired) electrons. The van der Waals surface area contributed by atoms with Crippen LogP contribution in [-0.2, 0) is 4.74 Å². The molecule has 0 bridgehead atoms. The third kappa shape index (κ3) is 4.04. The van der Waals surface area contributed by atoms with Crippen molar-refractivity contribution in [1.29, 1.82) is 0 Å². The minimum atomic E-state index is -0.438. The van der Waals surface area contributed by atoms with Crippen LogP contribution in [0, 0.1) is 6.92 Å². The van der Waals surface area contributed by atoms with Gasteiger partial charge in [0.2, 0.25) is 0 Å². The molecule has 1 aromatic heterocycles. The summed E-state index contributed by atoms with van der Waals surface area (Å²) in [7, 11) is 1.57. The molecule has 1 heterocycles. The van der Waals surface area contributed by atoms with Gasteiger partial charge in [-0.1, -0.05) is 0 Å². The Bertz CT molecular complexity index is 331. The summed E-state index contributed by atoms with van der Waals surface area (Å²) in [6.45, 7) is 2.94. The lowest BCUT2D eigenvalue weighted by Gasteiger charge is -2.11. The van der Waals surface area contributed by atoms with Crippen LogP contribution in [0.2, 0.25) is 0 Å². The lowest BCUT2D eigenvalue weighted by Crippen LogP contribution is -2.18. The van der Waals surface area contributed by atoms with Gasteiger partial charge in [-0.05, 0) is 25.0 Å². The number of aliphatic hydroxyl groups is 1. The fourth-order valence-corrected chi connectivity index (χ4v) is 1.31. The lowest BCUT2D eigenvalue weighted by atomic mass is 10.2. The van der Waals surface area contributed by atoms with Gasteiger partial charge in [-0.2, -0.15) is 0 Å². The molecule has 5 heteroatoms. The van der Waals surface area contributed by atoms with Gasteiger partial charge in [-0.3, -0.25) is 0 Å². The number of hydrogen-bond donors (Lipinski definition) is 3. The van der Waals surface area contributed by atoms with Crippen molar-refractivity contribution in [2.45, 2.75) is 19.4 Å². The number of rotatable bonds is 6. The van der Waals surface area contributed by atoms with E-state index in [0.29, 0.717) is 25.3 Å². The Hall–Kier alpha value is -1.33. The van der Waals surface area contributed by atoms with E-state index in [-0.39, 0.29) is 0 Å². The first kappa shape index (κ1) is 12.7. The van der Waals surface area contributed by atoms with Crippen molar-refractivity contribution in [3.05, 3.63) is 17.8 Å². The highest BCUT2D eigenvalue weighted by atomic mass is 16.5. The SMILES string of the molecule is COCC(O)CCNc1cc(C)c(N)cn1. The predicted octanol–water partition coefficient (Wildman–Crippen LogP) is 0.782. The molecule has 1 unspecified atom stereocenters. The van der Waals surface area contributed by atoms with E-state index in [1.165, 1.54) is 0 Å². The zero-order valence-electron chi connectivity index (χ0n) is 9.73. The molecule has 0 fully saturated rings. The maximum Gasteiger partial charge on any atom is 0.126 e. The highest BCUT2D eigenvalue weighted by Crippen LogP contribution is 2.12. The first-order chi connectivity index (χ1) is 7.63. The Kier molecular flexibility index (Phi) is 5.01. The molecule has 0 aliphatic heterocycles. The standard InChI is InChI=1S/C11H19N3O2/c1-8-5-11(14-6-10(8)12)13-4-3-9(15)7-16-2/h5-6,9,15H,3-4,7,12H2,1-2H3,(H,13,14). The number of anilines is 2. The number of aromatic nitrogens is 1. The molecule has 90 valence electrons. The fourth-order valence-electron chi connectivity index (χ4n) is 1.31. The predicted molar refractivity (Wildman–Crippen MR) is 64.4 cm³/mol. The van der Waals surface area contributed by atoms with Crippen LogP contribution in [0.15, 0.2) is 12.3 Å². The van der Waals surface area contributed by atoms with Crippen LogP contribution in [0.4, 0.5) is 11.5 Å². The third-order valence-corrected chi connectivity index (χ3v) is 2.29. The number of methoxy groups -OCH3 is 1. The highest BCUT2D eigenvalue weighted by Gasteiger charge is 2.03. The van der Waals surface area contributed by atoms with Crippen molar-refractivity contribution in [3.63, 3.8) is 0 Å². The number of nitrogens with one attached hydrogen (secondary N) is 1. The smallest absolute Gasteiger partial charge is 0.126 e. The maximum atomic E-state index is 9.42. The molecule has 0 aliphatic carbocycles. The molecule has 1 atom stereocenters. The average molecular weight is 225 g/mol. The van der Waals surface area contributed by atoms with Crippen molar-refractivity contribution in [2.24, 2.45) is 0 Å². The number of nitrogens with zero attached hydrogens (tertiary/aromatic N) is 1. The summed E-state index contributed by atoms with van der Waals surface area (Å²) in [6.07, 6.45) is 1.81. The summed E-state index contributed by atoms with van der Waals surface area (Å²) in [4.78, 5) is 4.13. The summed E-state index contributed by atoms with van der Waals surface area (Å²) in [5.41, 5.74) is 7.34. The van der Waals surface area contributed by atoms with Crippen molar-refractivity contribution < 1.29 is 9.84 Å². The topological polar surface area (TPSA) is 80.4 Å². The van der Waals surface area contributed by atoms with E-state index in [4.69, 9.17) is 10.5 Å². The molecule has 0 aliphatic rings. The van der Waals surface area contributed by atoms with E-state index >= 15 is 0 Å². The summed E-state index contributed by atoms with van der Waals surface area (Å²) in [6, 6.07) is 1.89. The fraction of sp³-hybridized carbons (Fsp3) is 0.545. The molecule has 4 N–H and O–H groups in total. The van der Waals surface area contributed by atoms with E-state index in [2.05, 4.69) is 10.3 Å². The second-order valence-electron chi connectivity index (χ2n) is 3.75. The summed E-state index contributed by atoms with van der Waals surface area (Å²) >= 11 is 0. The molecule has 0 amide bonds. The first-order valence-corrected chi connectivity index (χ1v) is 5.26. The second-order valence-corrected chi connectivity index (χ2v) is 3.75. The molecule has 0 aromatic carbocycles. The summed E-state index contributed by atoms with van der Waals surface area (Å²) < 4.78 is 4.83. The first-order valence-electron chi connectivity index (χ1n) is 5.26. The van der Waals surface area contributed by atoms with Crippen LogP contribution in [0.5, 0.6) is 0 Å². The van der Waals surface area contributed by atoms with E-state index < -0.39 is 6.10 Å². The zero-order valence-corrected chi connectivity index (χ0v) is 9.73. The third-order valence-electron chi connectivity index (χ3n) is 2.29. The summed E-state index contributed by atoms with van der Waals surface area (Å²) in [5.74, 6) is 0.774. The Balaban J connectivity index is 2.34. The number of aryl methyl sites for hydroxylation is 1. The maximum absolute atomic E-state index is 9.42. The minimum absolute atomic E-state index is 0.357. The van der Waals surface area contributed by atoms with Crippen LogP contribution in [0.1, 0.15) is 12.0 Å². The Morgan fingerprint density at radius 1 is 1.62 bits per heavy atom. The van der Waals surface area contributed by atoms with Gasteiger partial charge in [0, 0.05) is 13.7 Å². The molecule has 1 aromatic rings. The monoisotopic (exact) mass is 225 g/mol. The van der Waals surface area contributed by atoms with Crippen molar-refractivity contribution >= 4 is 11.5 Å². The number of nitrogens with two attached hydrogens (primary N) is 1. The molecule has 1 rings (SSSR count). The Morgan fingerprint density at radius 2 is 2.38 bits per heavy atom. The average Bonchev–Trinajstić information content (AvgIpc) is 2.24. The van der Waals surface area contributed by atoms with Crippen molar-refractivity contribution in [3.8, 4) is 0 Å². The van der Waals surface area contributed by atoms with Gasteiger partial charge >= 0.3 is 0 Å². The Morgan fingerprint density at radius 3 is 3.00 bits per heavy atom. The molecular formula is C11H19N3O2.